The van der Waals surface area contributed by atoms with Crippen LogP contribution in [0, 0.1) is 12.7 Å². The molecule has 5 nitrogen and oxygen atoms in total. The Balaban J connectivity index is 1.71. The van der Waals surface area contributed by atoms with E-state index in [1.54, 1.807) is 10.7 Å². The number of likely N-dealkylation sites (tertiary alicyclic amines) is 1. The predicted octanol–water partition coefficient (Wildman–Crippen LogP) is 2.63. The third-order valence-electron chi connectivity index (χ3n) is 5.58. The van der Waals surface area contributed by atoms with Gasteiger partial charge in [0, 0.05) is 30.4 Å². The molecule has 0 bridgehead atoms. The van der Waals surface area contributed by atoms with Crippen LogP contribution in [0.1, 0.15) is 46.6 Å². The molecular formula is C20H25FN4O. The summed E-state index contributed by atoms with van der Waals surface area (Å²) in [5, 5.41) is 7.85. The number of amides is 1. The second-order valence-electron chi connectivity index (χ2n) is 7.37. The lowest BCUT2D eigenvalue weighted by molar-refractivity contribution is 0.0690. The van der Waals surface area contributed by atoms with Crippen molar-refractivity contribution in [3.05, 3.63) is 46.5 Å². The maximum Gasteiger partial charge on any atom is 0.274 e. The van der Waals surface area contributed by atoms with Gasteiger partial charge in [0.15, 0.2) is 5.69 Å². The smallest absolute Gasteiger partial charge is 0.274 e. The van der Waals surface area contributed by atoms with E-state index in [-0.39, 0.29) is 11.7 Å². The monoisotopic (exact) mass is 356 g/mol. The normalized spacial score (nSPS) is 19.7. The van der Waals surface area contributed by atoms with Gasteiger partial charge in [0.05, 0.1) is 0 Å². The Kier molecular flexibility index (Phi) is 4.53. The number of aromatic nitrogens is 2. The van der Waals surface area contributed by atoms with Crippen LogP contribution in [0.3, 0.4) is 0 Å². The highest BCUT2D eigenvalue weighted by Crippen LogP contribution is 2.30. The summed E-state index contributed by atoms with van der Waals surface area (Å²) < 4.78 is 16.2. The van der Waals surface area contributed by atoms with E-state index in [0.717, 1.165) is 55.5 Å². The minimum absolute atomic E-state index is 0.0191. The van der Waals surface area contributed by atoms with Crippen LogP contribution in [0.4, 0.5) is 4.39 Å². The first-order valence-electron chi connectivity index (χ1n) is 9.42. The van der Waals surface area contributed by atoms with E-state index in [1.807, 2.05) is 24.9 Å². The zero-order chi connectivity index (χ0) is 18.3. The number of benzene rings is 1. The number of fused-ring (bicyclic) bond motifs is 1. The first-order chi connectivity index (χ1) is 12.6. The molecule has 1 N–H and O–H groups in total. The lowest BCUT2D eigenvalue weighted by Gasteiger charge is -2.32. The topological polar surface area (TPSA) is 50.2 Å². The fourth-order valence-electron chi connectivity index (χ4n) is 4.14. The van der Waals surface area contributed by atoms with Crippen molar-refractivity contribution < 1.29 is 9.18 Å². The number of carbonyl (C=O) groups excluding carboxylic acids is 1. The van der Waals surface area contributed by atoms with Crippen LogP contribution in [0.5, 0.6) is 0 Å². The maximum atomic E-state index is 14.5. The van der Waals surface area contributed by atoms with Crippen molar-refractivity contribution >= 4 is 5.91 Å². The second-order valence-corrected chi connectivity index (χ2v) is 7.37. The van der Waals surface area contributed by atoms with Crippen LogP contribution in [-0.4, -0.2) is 46.8 Å². The molecule has 1 aliphatic heterocycles. The Morgan fingerprint density at radius 1 is 1.31 bits per heavy atom. The van der Waals surface area contributed by atoms with Crippen molar-refractivity contribution in [2.75, 3.05) is 20.1 Å². The van der Waals surface area contributed by atoms with Crippen LogP contribution in [0.2, 0.25) is 0 Å². The first-order valence-corrected chi connectivity index (χ1v) is 9.42. The summed E-state index contributed by atoms with van der Waals surface area (Å²) in [5.41, 5.74) is 3.80. The lowest BCUT2D eigenvalue weighted by atomic mass is 10.0. The van der Waals surface area contributed by atoms with E-state index in [1.165, 1.54) is 6.07 Å². The van der Waals surface area contributed by atoms with Crippen LogP contribution >= 0.6 is 0 Å². The summed E-state index contributed by atoms with van der Waals surface area (Å²) in [6.07, 6.45) is 4.74. The predicted molar refractivity (Wildman–Crippen MR) is 98.3 cm³/mol. The van der Waals surface area contributed by atoms with Crippen molar-refractivity contribution in [2.24, 2.45) is 0 Å². The third-order valence-corrected chi connectivity index (χ3v) is 5.58. The molecule has 1 aliphatic carbocycles. The summed E-state index contributed by atoms with van der Waals surface area (Å²) in [5.74, 6) is -0.316. The average molecular weight is 356 g/mol. The minimum atomic E-state index is -0.297. The standard InChI is InChI=1S/C20H25FN4O/c1-13-8-9-18(16(21)11-13)25-17-7-3-6-15(17)19(23-25)20(26)24-10-4-5-14(12-24)22-2/h8-9,11,14,22H,3-7,10,12H2,1-2H3. The molecule has 1 unspecified atom stereocenters. The van der Waals surface area contributed by atoms with Gasteiger partial charge in [-0.25, -0.2) is 9.07 Å². The summed E-state index contributed by atoms with van der Waals surface area (Å²) in [6.45, 7) is 3.33. The molecule has 6 heteroatoms. The summed E-state index contributed by atoms with van der Waals surface area (Å²) in [7, 11) is 1.94. The Morgan fingerprint density at radius 3 is 2.92 bits per heavy atom. The summed E-state index contributed by atoms with van der Waals surface area (Å²) in [4.78, 5) is 15.0. The highest BCUT2D eigenvalue weighted by Gasteiger charge is 2.32. The number of nitrogens with zero attached hydrogens (tertiary/aromatic N) is 3. The number of aryl methyl sites for hydroxylation is 1. The van der Waals surface area contributed by atoms with Crippen LogP contribution in [-0.2, 0) is 12.8 Å². The van der Waals surface area contributed by atoms with E-state index >= 15 is 0 Å². The number of hydrogen-bond donors (Lipinski definition) is 1. The number of hydrogen-bond acceptors (Lipinski definition) is 3. The first kappa shape index (κ1) is 17.2. The van der Waals surface area contributed by atoms with Crippen molar-refractivity contribution in [2.45, 2.75) is 45.1 Å². The highest BCUT2D eigenvalue weighted by molar-refractivity contribution is 5.94. The molecule has 2 aromatic rings. The van der Waals surface area contributed by atoms with Gasteiger partial charge in [-0.2, -0.15) is 5.10 Å². The van der Waals surface area contributed by atoms with Gasteiger partial charge in [0.1, 0.15) is 11.5 Å². The molecule has 1 atom stereocenters. The molecule has 26 heavy (non-hydrogen) atoms. The summed E-state index contributed by atoms with van der Waals surface area (Å²) in [6, 6.07) is 5.48. The lowest BCUT2D eigenvalue weighted by Crippen LogP contribution is -2.47. The zero-order valence-corrected chi connectivity index (χ0v) is 15.4. The van der Waals surface area contributed by atoms with Gasteiger partial charge in [-0.1, -0.05) is 6.07 Å². The van der Waals surface area contributed by atoms with E-state index in [9.17, 15) is 9.18 Å². The Labute approximate surface area is 153 Å². The van der Waals surface area contributed by atoms with Gasteiger partial charge in [-0.15, -0.1) is 0 Å². The van der Waals surface area contributed by atoms with Gasteiger partial charge in [0.2, 0.25) is 0 Å². The van der Waals surface area contributed by atoms with Crippen molar-refractivity contribution in [1.82, 2.24) is 20.0 Å². The van der Waals surface area contributed by atoms with Gasteiger partial charge >= 0.3 is 0 Å². The van der Waals surface area contributed by atoms with Crippen LogP contribution in [0.25, 0.3) is 5.69 Å². The van der Waals surface area contributed by atoms with Crippen molar-refractivity contribution in [1.29, 1.82) is 0 Å². The largest absolute Gasteiger partial charge is 0.336 e. The molecule has 1 aromatic carbocycles. The quantitative estimate of drug-likeness (QED) is 0.920. The minimum Gasteiger partial charge on any atom is -0.336 e. The fraction of sp³-hybridized carbons (Fsp3) is 0.500. The van der Waals surface area contributed by atoms with E-state index < -0.39 is 0 Å². The molecule has 0 spiro atoms. The second kappa shape index (κ2) is 6.83. The Bertz CT molecular complexity index is 845. The molecule has 2 heterocycles. The van der Waals surface area contributed by atoms with E-state index in [2.05, 4.69) is 10.4 Å². The van der Waals surface area contributed by atoms with Gasteiger partial charge in [-0.3, -0.25) is 4.79 Å². The molecule has 1 aromatic heterocycles. The summed E-state index contributed by atoms with van der Waals surface area (Å²) >= 11 is 0. The number of halogens is 1. The van der Waals surface area contributed by atoms with E-state index in [0.29, 0.717) is 24.0 Å². The Hall–Kier alpha value is -2.21. The number of nitrogens with one attached hydrogen (secondary N) is 1. The van der Waals surface area contributed by atoms with Crippen molar-refractivity contribution in [3.63, 3.8) is 0 Å². The molecule has 1 amide bonds. The molecule has 1 fully saturated rings. The van der Waals surface area contributed by atoms with E-state index in [4.69, 9.17) is 0 Å². The molecule has 0 saturated carbocycles. The van der Waals surface area contributed by atoms with Gasteiger partial charge < -0.3 is 10.2 Å². The number of carbonyl (C=O) groups is 1. The zero-order valence-electron chi connectivity index (χ0n) is 15.4. The third kappa shape index (κ3) is 2.92. The number of piperidine rings is 1. The Morgan fingerprint density at radius 2 is 2.15 bits per heavy atom. The van der Waals surface area contributed by atoms with Gasteiger partial charge in [-0.05, 0) is 63.8 Å². The average Bonchev–Trinajstić information content (AvgIpc) is 3.24. The van der Waals surface area contributed by atoms with Crippen LogP contribution < -0.4 is 5.32 Å². The molecule has 1 saturated heterocycles. The van der Waals surface area contributed by atoms with Crippen LogP contribution in [0.15, 0.2) is 18.2 Å². The van der Waals surface area contributed by atoms with Crippen molar-refractivity contribution in [3.8, 4) is 5.69 Å². The highest BCUT2D eigenvalue weighted by atomic mass is 19.1. The molecule has 2 aliphatic rings. The SMILES string of the molecule is CNC1CCCN(C(=O)c2nn(-c3ccc(C)cc3F)c3c2CCC3)C1. The molecular weight excluding hydrogens is 331 g/mol. The number of likely N-dealkylation sites (N-methyl/N-ethyl adjacent to an activating group) is 1. The molecule has 4 rings (SSSR count). The molecule has 138 valence electrons. The number of rotatable bonds is 3. The maximum absolute atomic E-state index is 14.5. The molecule has 0 radical (unpaired) electrons. The fourth-order valence-corrected chi connectivity index (χ4v) is 4.14. The van der Waals surface area contributed by atoms with Gasteiger partial charge in [0.25, 0.3) is 5.91 Å².